The lowest BCUT2D eigenvalue weighted by atomic mass is 10.2. The summed E-state index contributed by atoms with van der Waals surface area (Å²) in [5.41, 5.74) is 0.958. The summed E-state index contributed by atoms with van der Waals surface area (Å²) in [6.07, 6.45) is 0.300. The SMILES string of the molecule is CC(=O)NC(C(=O)NCc1ccccc1)n1cnnn1. The monoisotopic (exact) mass is 274 g/mol. The second-order valence-electron chi connectivity index (χ2n) is 4.10. The highest BCUT2D eigenvalue weighted by Crippen LogP contribution is 2.02. The molecule has 2 amide bonds. The number of carbonyl (C=O) groups is 2. The number of benzene rings is 1. The Labute approximate surface area is 115 Å². The number of carbonyl (C=O) groups excluding carboxylic acids is 2. The van der Waals surface area contributed by atoms with E-state index in [-0.39, 0.29) is 5.91 Å². The molecule has 2 N–H and O–H groups in total. The minimum atomic E-state index is -0.966. The summed E-state index contributed by atoms with van der Waals surface area (Å²) in [5.74, 6) is -0.739. The van der Waals surface area contributed by atoms with Crippen LogP contribution in [0.2, 0.25) is 0 Å². The predicted molar refractivity (Wildman–Crippen MR) is 69.0 cm³/mol. The number of tetrazole rings is 1. The van der Waals surface area contributed by atoms with Crippen molar-refractivity contribution in [1.29, 1.82) is 0 Å². The Kier molecular flexibility index (Phi) is 4.38. The second-order valence-corrected chi connectivity index (χ2v) is 4.10. The van der Waals surface area contributed by atoms with Crippen molar-refractivity contribution in [1.82, 2.24) is 30.8 Å². The second kappa shape index (κ2) is 6.41. The largest absolute Gasteiger partial charge is 0.349 e. The number of rotatable bonds is 5. The first-order valence-corrected chi connectivity index (χ1v) is 5.98. The van der Waals surface area contributed by atoms with Crippen LogP contribution in [0.15, 0.2) is 36.7 Å². The van der Waals surface area contributed by atoms with Crippen LogP contribution >= 0.6 is 0 Å². The van der Waals surface area contributed by atoms with E-state index in [1.54, 1.807) is 0 Å². The molecule has 104 valence electrons. The van der Waals surface area contributed by atoms with Gasteiger partial charge in [-0.25, -0.2) is 4.68 Å². The molecule has 1 aromatic carbocycles. The van der Waals surface area contributed by atoms with E-state index in [9.17, 15) is 9.59 Å². The molecule has 1 aromatic heterocycles. The minimum absolute atomic E-state index is 0.347. The number of nitrogens with one attached hydrogen (secondary N) is 2. The van der Waals surface area contributed by atoms with Crippen molar-refractivity contribution in [3.8, 4) is 0 Å². The molecule has 0 spiro atoms. The van der Waals surface area contributed by atoms with E-state index in [2.05, 4.69) is 26.2 Å². The molecule has 2 rings (SSSR count). The quantitative estimate of drug-likeness (QED) is 0.774. The van der Waals surface area contributed by atoms with Gasteiger partial charge in [0.15, 0.2) is 0 Å². The Morgan fingerprint density at radius 2 is 2.05 bits per heavy atom. The van der Waals surface area contributed by atoms with Crippen LogP contribution in [0.3, 0.4) is 0 Å². The first-order valence-electron chi connectivity index (χ1n) is 5.98. The van der Waals surface area contributed by atoms with Crippen molar-refractivity contribution in [2.24, 2.45) is 0 Å². The fourth-order valence-corrected chi connectivity index (χ4v) is 1.61. The first-order chi connectivity index (χ1) is 9.66. The molecule has 8 heteroatoms. The molecule has 2 aromatic rings. The lowest BCUT2D eigenvalue weighted by molar-refractivity contribution is -0.130. The molecule has 0 saturated heterocycles. The number of aromatic nitrogens is 4. The molecular weight excluding hydrogens is 260 g/mol. The number of hydrogen-bond donors (Lipinski definition) is 2. The molecule has 1 atom stereocenters. The van der Waals surface area contributed by atoms with Crippen molar-refractivity contribution >= 4 is 11.8 Å². The van der Waals surface area contributed by atoms with Crippen LogP contribution in [-0.4, -0.2) is 32.0 Å². The van der Waals surface area contributed by atoms with Crippen LogP contribution in [0.4, 0.5) is 0 Å². The average Bonchev–Trinajstić information content (AvgIpc) is 2.97. The Morgan fingerprint density at radius 1 is 1.30 bits per heavy atom. The van der Waals surface area contributed by atoms with Crippen LogP contribution in [0.1, 0.15) is 18.7 Å². The highest BCUT2D eigenvalue weighted by atomic mass is 16.2. The summed E-state index contributed by atoms with van der Waals surface area (Å²) in [6, 6.07) is 9.45. The third-order valence-electron chi connectivity index (χ3n) is 2.53. The smallest absolute Gasteiger partial charge is 0.265 e. The van der Waals surface area contributed by atoms with Gasteiger partial charge in [-0.3, -0.25) is 9.59 Å². The Balaban J connectivity index is 2.02. The lowest BCUT2D eigenvalue weighted by Gasteiger charge is -2.16. The van der Waals surface area contributed by atoms with Crippen molar-refractivity contribution < 1.29 is 9.59 Å². The zero-order valence-electron chi connectivity index (χ0n) is 10.9. The Morgan fingerprint density at radius 3 is 2.65 bits per heavy atom. The van der Waals surface area contributed by atoms with Crippen molar-refractivity contribution in [2.45, 2.75) is 19.6 Å². The summed E-state index contributed by atoms with van der Waals surface area (Å²) >= 11 is 0. The highest BCUT2D eigenvalue weighted by Gasteiger charge is 2.22. The molecular formula is C12H14N6O2. The fourth-order valence-electron chi connectivity index (χ4n) is 1.61. The number of hydrogen-bond acceptors (Lipinski definition) is 5. The van der Waals surface area contributed by atoms with Crippen molar-refractivity contribution in [3.05, 3.63) is 42.2 Å². The topological polar surface area (TPSA) is 102 Å². The van der Waals surface area contributed by atoms with Gasteiger partial charge in [0.25, 0.3) is 5.91 Å². The van der Waals surface area contributed by atoms with Gasteiger partial charge < -0.3 is 10.6 Å². The van der Waals surface area contributed by atoms with Crippen molar-refractivity contribution in [2.75, 3.05) is 0 Å². The van der Waals surface area contributed by atoms with Gasteiger partial charge in [-0.2, -0.15) is 0 Å². The zero-order valence-corrected chi connectivity index (χ0v) is 10.9. The van der Waals surface area contributed by atoms with Crippen LogP contribution in [0.5, 0.6) is 0 Å². The van der Waals surface area contributed by atoms with Gasteiger partial charge in [0.1, 0.15) is 6.33 Å². The molecule has 0 bridgehead atoms. The van der Waals surface area contributed by atoms with Gasteiger partial charge in [-0.05, 0) is 16.0 Å². The molecule has 0 aliphatic rings. The van der Waals surface area contributed by atoms with E-state index < -0.39 is 12.1 Å². The Hall–Kier alpha value is -2.77. The number of nitrogens with zero attached hydrogens (tertiary/aromatic N) is 4. The summed E-state index contributed by atoms with van der Waals surface area (Å²) in [6.45, 7) is 1.68. The van der Waals surface area contributed by atoms with Gasteiger partial charge in [0, 0.05) is 13.5 Å². The van der Waals surface area contributed by atoms with E-state index >= 15 is 0 Å². The maximum atomic E-state index is 12.1. The van der Waals surface area contributed by atoms with Crippen LogP contribution < -0.4 is 10.6 Å². The lowest BCUT2D eigenvalue weighted by Crippen LogP contribution is -2.43. The van der Waals surface area contributed by atoms with Crippen LogP contribution in [0.25, 0.3) is 0 Å². The van der Waals surface area contributed by atoms with E-state index in [4.69, 9.17) is 0 Å². The molecule has 0 fully saturated rings. The molecule has 20 heavy (non-hydrogen) atoms. The van der Waals surface area contributed by atoms with Gasteiger partial charge in [-0.1, -0.05) is 30.3 Å². The highest BCUT2D eigenvalue weighted by molar-refractivity contribution is 5.84. The summed E-state index contributed by atoms with van der Waals surface area (Å²) in [4.78, 5) is 23.3. The molecule has 0 radical (unpaired) electrons. The van der Waals surface area contributed by atoms with Gasteiger partial charge >= 0.3 is 0 Å². The molecule has 0 aliphatic heterocycles. The zero-order chi connectivity index (χ0) is 14.4. The van der Waals surface area contributed by atoms with Crippen molar-refractivity contribution in [3.63, 3.8) is 0 Å². The van der Waals surface area contributed by atoms with E-state index in [1.165, 1.54) is 17.9 Å². The summed E-state index contributed by atoms with van der Waals surface area (Å²) < 4.78 is 1.18. The minimum Gasteiger partial charge on any atom is -0.349 e. The standard InChI is InChI=1S/C12H14N6O2/c1-9(19)15-11(18-8-14-16-17-18)12(20)13-7-10-5-3-2-4-6-10/h2-6,8,11H,7H2,1H3,(H,13,20)(H,15,19). The van der Waals surface area contributed by atoms with Gasteiger partial charge in [0.05, 0.1) is 0 Å². The van der Waals surface area contributed by atoms with Gasteiger partial charge in [0.2, 0.25) is 12.1 Å². The Bertz CT molecular complexity index is 569. The molecule has 0 saturated carbocycles. The number of amides is 2. The molecule has 1 heterocycles. The molecule has 0 aliphatic carbocycles. The molecule has 8 nitrogen and oxygen atoms in total. The van der Waals surface area contributed by atoms with E-state index in [0.29, 0.717) is 6.54 Å². The third kappa shape index (κ3) is 3.61. The van der Waals surface area contributed by atoms with Gasteiger partial charge in [-0.15, -0.1) is 5.10 Å². The van der Waals surface area contributed by atoms with E-state index in [1.807, 2.05) is 30.3 Å². The average molecular weight is 274 g/mol. The predicted octanol–water partition coefficient (Wildman–Crippen LogP) is -0.376. The normalized spacial score (nSPS) is 11.7. The van der Waals surface area contributed by atoms with Crippen LogP contribution in [-0.2, 0) is 16.1 Å². The first kappa shape index (κ1) is 13.7. The third-order valence-corrected chi connectivity index (χ3v) is 2.53. The maximum absolute atomic E-state index is 12.1. The van der Waals surface area contributed by atoms with Crippen LogP contribution in [0, 0.1) is 0 Å². The summed E-state index contributed by atoms with van der Waals surface area (Å²) in [7, 11) is 0. The fraction of sp³-hybridized carbons (Fsp3) is 0.250. The maximum Gasteiger partial charge on any atom is 0.265 e. The van der Waals surface area contributed by atoms with E-state index in [0.717, 1.165) is 5.56 Å². The molecule has 1 unspecified atom stereocenters. The summed E-state index contributed by atoms with van der Waals surface area (Å²) in [5, 5.41) is 15.7.